The second-order valence-corrected chi connectivity index (χ2v) is 3.10. The molecule has 0 rings (SSSR count). The summed E-state index contributed by atoms with van der Waals surface area (Å²) in [5, 5.41) is 0. The highest BCUT2D eigenvalue weighted by atomic mass is 35.5. The molecule has 0 bridgehead atoms. The van der Waals surface area contributed by atoms with Crippen LogP contribution >= 0.6 is 23.2 Å². The van der Waals surface area contributed by atoms with Gasteiger partial charge in [0.05, 0.1) is 6.61 Å². The number of carbonyl (C=O) groups is 1. The van der Waals surface area contributed by atoms with Gasteiger partial charge in [0.25, 0.3) is 0 Å². The van der Waals surface area contributed by atoms with Gasteiger partial charge in [-0.25, -0.2) is 0 Å². The second-order valence-electron chi connectivity index (χ2n) is 2.46. The monoisotopic (exact) mass is 212 g/mol. The molecule has 0 spiro atoms. The molecule has 0 aromatic heterocycles. The van der Waals surface area contributed by atoms with Crippen LogP contribution in [0.3, 0.4) is 0 Å². The fraction of sp³-hybridized carbons (Fsp3) is 0.875. The van der Waals surface area contributed by atoms with E-state index in [0.29, 0.717) is 12.5 Å². The zero-order valence-corrected chi connectivity index (χ0v) is 8.53. The molecule has 0 N–H and O–H groups in total. The standard InChI is InChI=1S/C8H14Cl2O2/c9-5-3-1-2-4-6-12-8(11)7-10/h1-7H2. The van der Waals surface area contributed by atoms with Crippen LogP contribution in [0.2, 0.25) is 0 Å². The highest BCUT2D eigenvalue weighted by molar-refractivity contribution is 6.26. The molecule has 0 amide bonds. The number of alkyl halides is 2. The van der Waals surface area contributed by atoms with Gasteiger partial charge in [0, 0.05) is 5.88 Å². The Morgan fingerprint density at radius 3 is 2.33 bits per heavy atom. The van der Waals surface area contributed by atoms with Gasteiger partial charge in [-0.3, -0.25) is 4.79 Å². The Balaban J connectivity index is 2.95. The van der Waals surface area contributed by atoms with Crippen molar-refractivity contribution < 1.29 is 9.53 Å². The van der Waals surface area contributed by atoms with Crippen molar-refractivity contribution in [3.8, 4) is 0 Å². The van der Waals surface area contributed by atoms with E-state index in [1.165, 1.54) is 0 Å². The molecule has 2 nitrogen and oxygen atoms in total. The van der Waals surface area contributed by atoms with Crippen LogP contribution in [0.1, 0.15) is 25.7 Å². The Kier molecular flexibility index (Phi) is 9.18. The van der Waals surface area contributed by atoms with Gasteiger partial charge in [-0.15, -0.1) is 23.2 Å². The lowest BCUT2D eigenvalue weighted by Crippen LogP contribution is -2.06. The Bertz CT molecular complexity index is 118. The summed E-state index contributed by atoms with van der Waals surface area (Å²) < 4.78 is 4.77. The molecule has 0 aliphatic heterocycles. The highest BCUT2D eigenvalue weighted by Gasteiger charge is 1.97. The minimum Gasteiger partial charge on any atom is -0.465 e. The Hall–Kier alpha value is 0.0500. The van der Waals surface area contributed by atoms with Crippen LogP contribution in [0.4, 0.5) is 0 Å². The predicted molar refractivity (Wildman–Crippen MR) is 50.9 cm³/mol. The number of hydrogen-bond donors (Lipinski definition) is 0. The van der Waals surface area contributed by atoms with Crippen molar-refractivity contribution in [2.24, 2.45) is 0 Å². The first-order valence-electron chi connectivity index (χ1n) is 4.08. The average Bonchev–Trinajstić information content (AvgIpc) is 2.10. The number of hydrogen-bond acceptors (Lipinski definition) is 2. The third kappa shape index (κ3) is 8.15. The van der Waals surface area contributed by atoms with Crippen molar-refractivity contribution in [1.29, 1.82) is 0 Å². The van der Waals surface area contributed by atoms with Crippen molar-refractivity contribution in [3.63, 3.8) is 0 Å². The maximum atomic E-state index is 10.5. The van der Waals surface area contributed by atoms with Gasteiger partial charge in [0.2, 0.25) is 0 Å². The molecule has 0 aliphatic carbocycles. The molecule has 0 atom stereocenters. The number of rotatable bonds is 7. The first-order valence-corrected chi connectivity index (χ1v) is 5.15. The van der Waals surface area contributed by atoms with Crippen LogP contribution < -0.4 is 0 Å². The maximum absolute atomic E-state index is 10.5. The summed E-state index contributed by atoms with van der Waals surface area (Å²) in [5.74, 6) is 0.317. The smallest absolute Gasteiger partial charge is 0.320 e. The molecule has 4 heteroatoms. The largest absolute Gasteiger partial charge is 0.465 e. The minimum atomic E-state index is -0.339. The summed E-state index contributed by atoms with van der Waals surface area (Å²) in [6.07, 6.45) is 4.09. The average molecular weight is 213 g/mol. The van der Waals surface area contributed by atoms with E-state index in [2.05, 4.69) is 0 Å². The molecule has 0 saturated carbocycles. The zero-order valence-electron chi connectivity index (χ0n) is 7.02. The molecule has 12 heavy (non-hydrogen) atoms. The predicted octanol–water partition coefficient (Wildman–Crippen LogP) is 2.57. The molecule has 0 saturated heterocycles. The van der Waals surface area contributed by atoms with Crippen molar-refractivity contribution in [2.45, 2.75) is 25.7 Å². The molecule has 0 aliphatic rings. The third-order valence-corrected chi connectivity index (χ3v) is 1.89. The summed E-state index contributed by atoms with van der Waals surface area (Å²) in [6.45, 7) is 0.480. The normalized spacial score (nSPS) is 9.83. The number of halogens is 2. The summed E-state index contributed by atoms with van der Waals surface area (Å²) in [4.78, 5) is 10.5. The van der Waals surface area contributed by atoms with Crippen LogP contribution in [-0.4, -0.2) is 24.3 Å². The van der Waals surface area contributed by atoms with Gasteiger partial charge in [-0.1, -0.05) is 12.8 Å². The van der Waals surface area contributed by atoms with E-state index in [9.17, 15) is 4.79 Å². The van der Waals surface area contributed by atoms with Crippen LogP contribution in [0.15, 0.2) is 0 Å². The van der Waals surface area contributed by atoms with Crippen LogP contribution in [0.25, 0.3) is 0 Å². The number of ether oxygens (including phenoxy) is 1. The van der Waals surface area contributed by atoms with Gasteiger partial charge in [0.15, 0.2) is 0 Å². The Morgan fingerprint density at radius 1 is 1.08 bits per heavy atom. The quantitative estimate of drug-likeness (QED) is 0.369. The molecule has 0 fully saturated rings. The van der Waals surface area contributed by atoms with E-state index in [1.54, 1.807) is 0 Å². The van der Waals surface area contributed by atoms with E-state index in [4.69, 9.17) is 27.9 Å². The summed E-state index contributed by atoms with van der Waals surface area (Å²) in [5.41, 5.74) is 0. The lowest BCUT2D eigenvalue weighted by Gasteiger charge is -2.01. The van der Waals surface area contributed by atoms with Gasteiger partial charge in [-0.2, -0.15) is 0 Å². The van der Waals surface area contributed by atoms with E-state index >= 15 is 0 Å². The topological polar surface area (TPSA) is 26.3 Å². The fourth-order valence-electron chi connectivity index (χ4n) is 0.775. The Morgan fingerprint density at radius 2 is 1.75 bits per heavy atom. The van der Waals surface area contributed by atoms with E-state index in [0.717, 1.165) is 25.7 Å². The lowest BCUT2D eigenvalue weighted by molar-refractivity contribution is -0.140. The number of esters is 1. The number of unbranched alkanes of at least 4 members (excludes halogenated alkanes) is 3. The Labute approximate surface area is 83.2 Å². The zero-order chi connectivity index (χ0) is 9.23. The van der Waals surface area contributed by atoms with Gasteiger partial charge < -0.3 is 4.74 Å². The second kappa shape index (κ2) is 9.14. The van der Waals surface area contributed by atoms with Gasteiger partial charge in [-0.05, 0) is 12.8 Å². The molecule has 0 unspecified atom stereocenters. The first-order chi connectivity index (χ1) is 5.81. The van der Waals surface area contributed by atoms with Crippen molar-refractivity contribution >= 4 is 29.2 Å². The molecule has 0 heterocycles. The van der Waals surface area contributed by atoms with Gasteiger partial charge >= 0.3 is 5.97 Å². The van der Waals surface area contributed by atoms with Gasteiger partial charge in [0.1, 0.15) is 5.88 Å². The SMILES string of the molecule is O=C(CCl)OCCCCCCCl. The van der Waals surface area contributed by atoms with E-state index in [-0.39, 0.29) is 11.8 Å². The minimum absolute atomic E-state index is 0.0539. The van der Waals surface area contributed by atoms with E-state index < -0.39 is 0 Å². The van der Waals surface area contributed by atoms with Crippen molar-refractivity contribution in [2.75, 3.05) is 18.4 Å². The van der Waals surface area contributed by atoms with Crippen molar-refractivity contribution in [1.82, 2.24) is 0 Å². The first kappa shape index (κ1) is 12.0. The van der Waals surface area contributed by atoms with Crippen LogP contribution in [-0.2, 0) is 9.53 Å². The molecule has 72 valence electrons. The number of carbonyl (C=O) groups excluding carboxylic acids is 1. The summed E-state index contributed by atoms with van der Waals surface area (Å²) in [6, 6.07) is 0. The van der Waals surface area contributed by atoms with Crippen LogP contribution in [0.5, 0.6) is 0 Å². The maximum Gasteiger partial charge on any atom is 0.320 e. The third-order valence-electron chi connectivity index (χ3n) is 1.40. The summed E-state index contributed by atoms with van der Waals surface area (Å²) >= 11 is 10.7. The van der Waals surface area contributed by atoms with Crippen LogP contribution in [0, 0.1) is 0 Å². The van der Waals surface area contributed by atoms with Crippen molar-refractivity contribution in [3.05, 3.63) is 0 Å². The molecule has 0 radical (unpaired) electrons. The molecular weight excluding hydrogens is 199 g/mol. The lowest BCUT2D eigenvalue weighted by atomic mass is 10.2. The molecular formula is C8H14Cl2O2. The molecule has 0 aromatic rings. The fourth-order valence-corrected chi connectivity index (χ4v) is 1.04. The summed E-state index contributed by atoms with van der Waals surface area (Å²) in [7, 11) is 0. The highest BCUT2D eigenvalue weighted by Crippen LogP contribution is 2.01. The van der Waals surface area contributed by atoms with E-state index in [1.807, 2.05) is 0 Å². The molecule has 0 aromatic carbocycles.